The third-order valence-electron chi connectivity index (χ3n) is 4.56. The average molecular weight is 350 g/mol. The maximum Gasteiger partial charge on any atom is 0.232 e. The van der Waals surface area contributed by atoms with E-state index in [1.165, 1.54) is 0 Å². The van der Waals surface area contributed by atoms with Gasteiger partial charge in [0.05, 0.1) is 17.9 Å². The number of hydrogen-bond acceptors (Lipinski definition) is 5. The van der Waals surface area contributed by atoms with Gasteiger partial charge in [0, 0.05) is 17.5 Å². The molecule has 1 aromatic carbocycles. The van der Waals surface area contributed by atoms with Crippen molar-refractivity contribution in [2.24, 2.45) is 0 Å². The fourth-order valence-corrected chi connectivity index (χ4v) is 3.16. The first kappa shape index (κ1) is 18.1. The van der Waals surface area contributed by atoms with Gasteiger partial charge in [0.15, 0.2) is 12.4 Å². The Kier molecular flexibility index (Phi) is 5.06. The number of nitrogens with zero attached hydrogens (tertiary/aromatic N) is 2. The maximum atomic E-state index is 12.3. The highest BCUT2D eigenvalue weighted by Gasteiger charge is 2.32. The van der Waals surface area contributed by atoms with Crippen molar-refractivity contribution in [2.45, 2.75) is 45.8 Å². The number of fused-ring (bicyclic) bond motifs is 1. The molecule has 0 saturated heterocycles. The largest absolute Gasteiger partial charge is 0.468 e. The number of rotatable bonds is 5. The van der Waals surface area contributed by atoms with Gasteiger partial charge in [-0.2, -0.15) is 5.26 Å². The maximum absolute atomic E-state index is 12.3. The Hall–Kier alpha value is -2.71. The van der Waals surface area contributed by atoms with Crippen molar-refractivity contribution in [1.29, 1.82) is 5.26 Å². The van der Waals surface area contributed by atoms with Gasteiger partial charge in [-0.3, -0.25) is 4.79 Å². The lowest BCUT2D eigenvalue weighted by atomic mass is 9.88. The summed E-state index contributed by atoms with van der Waals surface area (Å²) in [4.78, 5) is 16.8. The van der Waals surface area contributed by atoms with Crippen LogP contribution < -0.4 is 4.74 Å². The van der Waals surface area contributed by atoms with Crippen LogP contribution in [0, 0.1) is 11.3 Å². The predicted molar refractivity (Wildman–Crippen MR) is 97.2 cm³/mol. The molecule has 1 aromatic heterocycles. The van der Waals surface area contributed by atoms with Gasteiger partial charge in [-0.25, -0.2) is 4.98 Å². The fraction of sp³-hybridized carbons (Fsp3) is 0.381. The number of ketones is 1. The predicted octanol–water partition coefficient (Wildman–Crippen LogP) is 3.63. The number of nitriles is 1. The third kappa shape index (κ3) is 3.61. The molecule has 0 aliphatic carbocycles. The number of hydrogen-bond donors (Lipinski definition) is 0. The number of aromatic nitrogens is 1. The Morgan fingerprint density at radius 2 is 2.04 bits per heavy atom. The van der Waals surface area contributed by atoms with E-state index in [4.69, 9.17) is 9.47 Å². The second-order valence-electron chi connectivity index (χ2n) is 6.96. The molecule has 0 bridgehead atoms. The van der Waals surface area contributed by atoms with Gasteiger partial charge < -0.3 is 9.47 Å². The third-order valence-corrected chi connectivity index (χ3v) is 4.56. The van der Waals surface area contributed by atoms with Crippen LogP contribution in [0.3, 0.4) is 0 Å². The van der Waals surface area contributed by atoms with Gasteiger partial charge >= 0.3 is 0 Å². The highest BCUT2D eigenvalue weighted by molar-refractivity contribution is 5.97. The van der Waals surface area contributed by atoms with Crippen molar-refractivity contribution in [3.8, 4) is 11.9 Å². The van der Waals surface area contributed by atoms with Crippen molar-refractivity contribution in [2.75, 3.05) is 6.61 Å². The number of carbonyl (C=O) groups is 1. The molecule has 0 spiro atoms. The van der Waals surface area contributed by atoms with E-state index in [1.807, 2.05) is 39.0 Å². The summed E-state index contributed by atoms with van der Waals surface area (Å²) in [5, 5.41) is 9.69. The highest BCUT2D eigenvalue weighted by atomic mass is 16.5. The molecule has 0 radical (unpaired) electrons. The molecule has 0 atom stereocenters. The van der Waals surface area contributed by atoms with Crippen LogP contribution in [0.1, 0.15) is 53.5 Å². The molecule has 0 N–H and O–H groups in total. The first-order chi connectivity index (χ1) is 12.4. The first-order valence-corrected chi connectivity index (χ1v) is 8.75. The van der Waals surface area contributed by atoms with Gasteiger partial charge in [-0.05, 0) is 25.8 Å². The van der Waals surface area contributed by atoms with E-state index in [1.54, 1.807) is 12.1 Å². The van der Waals surface area contributed by atoms with Crippen molar-refractivity contribution in [3.05, 3.63) is 58.3 Å². The zero-order valence-electron chi connectivity index (χ0n) is 15.3. The van der Waals surface area contributed by atoms with E-state index in [0.717, 1.165) is 16.8 Å². The minimum absolute atomic E-state index is 0.143. The number of pyridine rings is 1. The fourth-order valence-electron chi connectivity index (χ4n) is 3.16. The Morgan fingerprint density at radius 1 is 1.31 bits per heavy atom. The van der Waals surface area contributed by atoms with Crippen LogP contribution in [0.2, 0.25) is 0 Å². The minimum atomic E-state index is -0.345. The second-order valence-corrected chi connectivity index (χ2v) is 6.96. The standard InChI is InChI=1S/C21H22N2O3/c1-4-18-17-12-26-21(2,3)10-15(17)16(11-22)20(23-18)25-13-19(24)14-8-6-5-7-9-14/h5-9H,4,10,12-13H2,1-3H3. The molecule has 0 unspecified atom stereocenters. The van der Waals surface area contributed by atoms with Crippen LogP contribution in [-0.4, -0.2) is 23.0 Å². The number of carbonyl (C=O) groups excluding carboxylic acids is 1. The molecular formula is C21H22N2O3. The molecule has 134 valence electrons. The Labute approximate surface area is 153 Å². The quantitative estimate of drug-likeness (QED) is 0.770. The normalized spacial score (nSPS) is 15.0. The molecule has 0 amide bonds. The summed E-state index contributed by atoms with van der Waals surface area (Å²) < 4.78 is 11.6. The number of ether oxygens (including phenoxy) is 2. The average Bonchev–Trinajstić information content (AvgIpc) is 2.64. The van der Waals surface area contributed by atoms with Gasteiger partial charge in [0.25, 0.3) is 0 Å². The van der Waals surface area contributed by atoms with E-state index in [9.17, 15) is 10.1 Å². The van der Waals surface area contributed by atoms with E-state index in [0.29, 0.717) is 30.6 Å². The lowest BCUT2D eigenvalue weighted by Crippen LogP contribution is -2.33. The van der Waals surface area contributed by atoms with Crippen molar-refractivity contribution in [3.63, 3.8) is 0 Å². The summed E-state index contributed by atoms with van der Waals surface area (Å²) in [5.74, 6) is 0.0980. The number of benzene rings is 1. The van der Waals surface area contributed by atoms with Crippen LogP contribution in [0.25, 0.3) is 0 Å². The second kappa shape index (κ2) is 7.27. The summed E-state index contributed by atoms with van der Waals surface area (Å²) in [6, 6.07) is 11.2. The Balaban J connectivity index is 1.92. The van der Waals surface area contributed by atoms with Crippen molar-refractivity contribution in [1.82, 2.24) is 4.98 Å². The van der Waals surface area contributed by atoms with Crippen molar-refractivity contribution < 1.29 is 14.3 Å². The van der Waals surface area contributed by atoms with Crippen LogP contribution in [0.15, 0.2) is 30.3 Å². The molecular weight excluding hydrogens is 328 g/mol. The van der Waals surface area contributed by atoms with E-state index < -0.39 is 0 Å². The molecule has 0 fully saturated rings. The summed E-state index contributed by atoms with van der Waals surface area (Å²) in [6.07, 6.45) is 1.32. The van der Waals surface area contributed by atoms with E-state index >= 15 is 0 Å². The lowest BCUT2D eigenvalue weighted by Gasteiger charge is -2.33. The molecule has 1 aliphatic rings. The van der Waals surface area contributed by atoms with Crippen LogP contribution in [0.4, 0.5) is 0 Å². The topological polar surface area (TPSA) is 72.2 Å². The summed E-state index contributed by atoms with van der Waals surface area (Å²) in [6.45, 7) is 6.31. The zero-order chi connectivity index (χ0) is 18.7. The molecule has 5 nitrogen and oxygen atoms in total. The summed E-state index contributed by atoms with van der Waals surface area (Å²) in [7, 11) is 0. The smallest absolute Gasteiger partial charge is 0.232 e. The van der Waals surface area contributed by atoms with Crippen molar-refractivity contribution >= 4 is 5.78 Å². The number of aryl methyl sites for hydroxylation is 1. The van der Waals surface area contributed by atoms with Gasteiger partial charge in [0.1, 0.15) is 11.6 Å². The van der Waals surface area contributed by atoms with Crippen LogP contribution in [-0.2, 0) is 24.2 Å². The molecule has 1 aliphatic heterocycles. The van der Waals surface area contributed by atoms with Crippen LogP contribution in [0.5, 0.6) is 5.88 Å². The number of Topliss-reactive ketones (excluding diaryl/α,β-unsaturated/α-hetero) is 1. The lowest BCUT2D eigenvalue weighted by molar-refractivity contribution is -0.0408. The Bertz CT molecular complexity index is 867. The molecule has 5 heteroatoms. The molecule has 2 heterocycles. The SMILES string of the molecule is CCc1nc(OCC(=O)c2ccccc2)c(C#N)c2c1COC(C)(C)C2. The monoisotopic (exact) mass is 350 g/mol. The first-order valence-electron chi connectivity index (χ1n) is 8.75. The molecule has 2 aromatic rings. The highest BCUT2D eigenvalue weighted by Crippen LogP contribution is 2.35. The van der Waals surface area contributed by atoms with E-state index in [-0.39, 0.29) is 23.9 Å². The summed E-state index contributed by atoms with van der Waals surface area (Å²) in [5.41, 5.74) is 3.41. The zero-order valence-corrected chi connectivity index (χ0v) is 15.3. The van der Waals surface area contributed by atoms with E-state index in [2.05, 4.69) is 11.1 Å². The molecule has 0 saturated carbocycles. The summed E-state index contributed by atoms with van der Waals surface area (Å²) >= 11 is 0. The van der Waals surface area contributed by atoms with Gasteiger partial charge in [0.2, 0.25) is 5.88 Å². The van der Waals surface area contributed by atoms with Gasteiger partial charge in [-0.1, -0.05) is 37.3 Å². The van der Waals surface area contributed by atoms with Crippen LogP contribution >= 0.6 is 0 Å². The minimum Gasteiger partial charge on any atom is -0.468 e. The Morgan fingerprint density at radius 3 is 2.69 bits per heavy atom. The molecule has 3 rings (SSSR count). The van der Waals surface area contributed by atoms with Gasteiger partial charge in [-0.15, -0.1) is 0 Å². The molecule has 26 heavy (non-hydrogen) atoms.